The lowest BCUT2D eigenvalue weighted by atomic mass is 9.87. The molecule has 0 spiro atoms. The van der Waals surface area contributed by atoms with Gasteiger partial charge in [-0.2, -0.15) is 0 Å². The van der Waals surface area contributed by atoms with Crippen molar-refractivity contribution >= 4 is 0 Å². The van der Waals surface area contributed by atoms with Gasteiger partial charge in [0, 0.05) is 12.6 Å². The molecule has 0 amide bonds. The standard InChI is InChI=1S/C7H15NO.C2H6/c8-7-3-1-6(5-9)2-4-7;1-2/h6-7,9H,1-5,8H2;1-2H3. The molecule has 2 nitrogen and oxygen atoms in total. The van der Waals surface area contributed by atoms with Crippen molar-refractivity contribution in [2.24, 2.45) is 11.7 Å². The van der Waals surface area contributed by atoms with Crippen LogP contribution in [-0.2, 0) is 0 Å². The fraction of sp³-hybridized carbons (Fsp3) is 1.00. The van der Waals surface area contributed by atoms with E-state index in [2.05, 4.69) is 0 Å². The second kappa shape index (κ2) is 6.62. The molecule has 0 radical (unpaired) electrons. The molecule has 1 rings (SSSR count). The zero-order valence-corrected chi connectivity index (χ0v) is 7.71. The largest absolute Gasteiger partial charge is 0.396 e. The molecule has 1 fully saturated rings. The van der Waals surface area contributed by atoms with Gasteiger partial charge >= 0.3 is 0 Å². The molecule has 3 N–H and O–H groups in total. The van der Waals surface area contributed by atoms with Crippen molar-refractivity contribution < 1.29 is 5.11 Å². The van der Waals surface area contributed by atoms with Crippen LogP contribution in [0.2, 0.25) is 0 Å². The third-order valence-electron chi connectivity index (χ3n) is 2.15. The molecule has 0 atom stereocenters. The first-order chi connectivity index (χ1) is 5.33. The summed E-state index contributed by atoms with van der Waals surface area (Å²) in [6.45, 7) is 4.35. The molecule has 0 aromatic carbocycles. The van der Waals surface area contributed by atoms with E-state index >= 15 is 0 Å². The van der Waals surface area contributed by atoms with Gasteiger partial charge in [0.2, 0.25) is 0 Å². The molecule has 1 saturated carbocycles. The number of hydrogen-bond acceptors (Lipinski definition) is 2. The Morgan fingerprint density at radius 3 is 2.00 bits per heavy atom. The lowest BCUT2D eigenvalue weighted by Crippen LogP contribution is -2.27. The lowest BCUT2D eigenvalue weighted by Gasteiger charge is -2.23. The van der Waals surface area contributed by atoms with Crippen LogP contribution in [0.25, 0.3) is 0 Å². The number of aliphatic hydroxyl groups is 1. The first-order valence-electron chi connectivity index (χ1n) is 4.69. The van der Waals surface area contributed by atoms with E-state index in [0.717, 1.165) is 25.7 Å². The van der Waals surface area contributed by atoms with Gasteiger partial charge in [0.05, 0.1) is 0 Å². The molecule has 0 saturated heterocycles. The number of nitrogens with two attached hydrogens (primary N) is 1. The van der Waals surface area contributed by atoms with Crippen molar-refractivity contribution in [1.82, 2.24) is 0 Å². The molecular weight excluding hydrogens is 138 g/mol. The first kappa shape index (κ1) is 10.9. The van der Waals surface area contributed by atoms with E-state index in [4.69, 9.17) is 10.8 Å². The minimum Gasteiger partial charge on any atom is -0.396 e. The van der Waals surface area contributed by atoms with Gasteiger partial charge in [0.15, 0.2) is 0 Å². The summed E-state index contributed by atoms with van der Waals surface area (Å²) in [7, 11) is 0. The molecule has 0 aliphatic heterocycles. The summed E-state index contributed by atoms with van der Waals surface area (Å²) >= 11 is 0. The van der Waals surface area contributed by atoms with Crippen LogP contribution in [0.15, 0.2) is 0 Å². The highest BCUT2D eigenvalue weighted by Crippen LogP contribution is 2.21. The zero-order chi connectivity index (χ0) is 8.69. The van der Waals surface area contributed by atoms with Crippen LogP contribution in [0.3, 0.4) is 0 Å². The van der Waals surface area contributed by atoms with Gasteiger partial charge in [-0.15, -0.1) is 0 Å². The van der Waals surface area contributed by atoms with Crippen LogP contribution >= 0.6 is 0 Å². The Balaban J connectivity index is 0.000000461. The number of rotatable bonds is 1. The smallest absolute Gasteiger partial charge is 0.0459 e. The van der Waals surface area contributed by atoms with Crippen LogP contribution in [0.4, 0.5) is 0 Å². The summed E-state index contributed by atoms with van der Waals surface area (Å²) in [4.78, 5) is 0. The summed E-state index contributed by atoms with van der Waals surface area (Å²) in [5.41, 5.74) is 5.67. The minimum absolute atomic E-state index is 0.354. The van der Waals surface area contributed by atoms with Crippen molar-refractivity contribution in [2.75, 3.05) is 6.61 Å². The molecule has 68 valence electrons. The van der Waals surface area contributed by atoms with E-state index in [1.165, 1.54) is 0 Å². The molecule has 0 aromatic rings. The Morgan fingerprint density at radius 2 is 1.64 bits per heavy atom. The maximum absolute atomic E-state index is 8.74. The Labute approximate surface area is 69.8 Å². The van der Waals surface area contributed by atoms with Crippen LogP contribution in [0, 0.1) is 5.92 Å². The van der Waals surface area contributed by atoms with E-state index in [1.807, 2.05) is 13.8 Å². The van der Waals surface area contributed by atoms with Gasteiger partial charge in [0.1, 0.15) is 0 Å². The van der Waals surface area contributed by atoms with Gasteiger partial charge in [-0.3, -0.25) is 0 Å². The average Bonchev–Trinajstić information content (AvgIpc) is 2.10. The summed E-state index contributed by atoms with van der Waals surface area (Å²) < 4.78 is 0. The quantitative estimate of drug-likeness (QED) is 0.609. The first-order valence-corrected chi connectivity index (χ1v) is 4.69. The SMILES string of the molecule is CC.NC1CCC(CO)CC1. The van der Waals surface area contributed by atoms with Crippen LogP contribution in [0.5, 0.6) is 0 Å². The fourth-order valence-corrected chi connectivity index (χ4v) is 1.37. The second-order valence-electron chi connectivity index (χ2n) is 2.96. The van der Waals surface area contributed by atoms with Crippen molar-refractivity contribution in [3.05, 3.63) is 0 Å². The lowest BCUT2D eigenvalue weighted by molar-refractivity contribution is 0.183. The molecule has 1 aliphatic rings. The summed E-state index contributed by atoms with van der Waals surface area (Å²) in [6.07, 6.45) is 4.45. The average molecular weight is 159 g/mol. The molecule has 1 aliphatic carbocycles. The predicted octanol–water partition coefficient (Wildman–Crippen LogP) is 1.52. The third kappa shape index (κ3) is 4.38. The maximum Gasteiger partial charge on any atom is 0.0459 e. The highest BCUT2D eigenvalue weighted by atomic mass is 16.3. The third-order valence-corrected chi connectivity index (χ3v) is 2.15. The molecule has 2 heteroatoms. The number of hydrogen-bond donors (Lipinski definition) is 2. The Hall–Kier alpha value is -0.0800. The van der Waals surface area contributed by atoms with Gasteiger partial charge in [-0.05, 0) is 31.6 Å². The van der Waals surface area contributed by atoms with Crippen LogP contribution in [0.1, 0.15) is 39.5 Å². The van der Waals surface area contributed by atoms with Gasteiger partial charge in [0.25, 0.3) is 0 Å². The molecule has 0 heterocycles. The molecule has 0 aromatic heterocycles. The minimum atomic E-state index is 0.354. The Morgan fingerprint density at radius 1 is 1.18 bits per heavy atom. The van der Waals surface area contributed by atoms with Crippen molar-refractivity contribution in [2.45, 2.75) is 45.6 Å². The van der Waals surface area contributed by atoms with Gasteiger partial charge in [-0.25, -0.2) is 0 Å². The Bertz CT molecular complexity index is 77.6. The van der Waals surface area contributed by atoms with E-state index in [0.29, 0.717) is 18.6 Å². The van der Waals surface area contributed by atoms with Gasteiger partial charge < -0.3 is 10.8 Å². The van der Waals surface area contributed by atoms with E-state index in [1.54, 1.807) is 0 Å². The molecule has 0 unspecified atom stereocenters. The molecule has 0 bridgehead atoms. The monoisotopic (exact) mass is 159 g/mol. The summed E-state index contributed by atoms with van der Waals surface area (Å²) in [5.74, 6) is 0.546. The summed E-state index contributed by atoms with van der Waals surface area (Å²) in [5, 5.41) is 8.74. The molecule has 11 heavy (non-hydrogen) atoms. The van der Waals surface area contributed by atoms with Crippen molar-refractivity contribution in [1.29, 1.82) is 0 Å². The maximum atomic E-state index is 8.74. The molecular formula is C9H21NO. The van der Waals surface area contributed by atoms with E-state index in [9.17, 15) is 0 Å². The number of aliphatic hydroxyl groups excluding tert-OH is 1. The van der Waals surface area contributed by atoms with Crippen LogP contribution in [-0.4, -0.2) is 17.8 Å². The van der Waals surface area contributed by atoms with Gasteiger partial charge in [-0.1, -0.05) is 13.8 Å². The van der Waals surface area contributed by atoms with Crippen LogP contribution < -0.4 is 5.73 Å². The van der Waals surface area contributed by atoms with E-state index in [-0.39, 0.29) is 0 Å². The highest BCUT2D eigenvalue weighted by molar-refractivity contribution is 4.73. The highest BCUT2D eigenvalue weighted by Gasteiger charge is 2.16. The second-order valence-corrected chi connectivity index (χ2v) is 2.96. The normalized spacial score (nSPS) is 30.5. The fourth-order valence-electron chi connectivity index (χ4n) is 1.37. The van der Waals surface area contributed by atoms with E-state index < -0.39 is 0 Å². The zero-order valence-electron chi connectivity index (χ0n) is 7.71. The van der Waals surface area contributed by atoms with Crippen molar-refractivity contribution in [3.8, 4) is 0 Å². The predicted molar refractivity (Wildman–Crippen MR) is 48.4 cm³/mol. The Kier molecular flexibility index (Phi) is 6.57. The van der Waals surface area contributed by atoms with Crippen molar-refractivity contribution in [3.63, 3.8) is 0 Å². The topological polar surface area (TPSA) is 46.2 Å². The summed E-state index contributed by atoms with van der Waals surface area (Å²) in [6, 6.07) is 0.410.